The van der Waals surface area contributed by atoms with E-state index in [1.54, 1.807) is 18.9 Å². The molecule has 1 aromatic carbocycles. The Morgan fingerprint density at radius 2 is 2.24 bits per heavy atom. The van der Waals surface area contributed by atoms with Gasteiger partial charge in [0.1, 0.15) is 11.3 Å². The van der Waals surface area contributed by atoms with Crippen LogP contribution in [0.15, 0.2) is 29.2 Å². The molecule has 4 nitrogen and oxygen atoms in total. The molecule has 1 N–H and O–H groups in total. The van der Waals surface area contributed by atoms with Crippen LogP contribution in [-0.4, -0.2) is 38.0 Å². The number of ether oxygens (including phenoxy) is 2. The smallest absolute Gasteiger partial charge is 0.327 e. The van der Waals surface area contributed by atoms with Gasteiger partial charge >= 0.3 is 5.97 Å². The van der Waals surface area contributed by atoms with Gasteiger partial charge in [0.2, 0.25) is 0 Å². The molecule has 1 aliphatic carbocycles. The van der Waals surface area contributed by atoms with E-state index in [1.165, 1.54) is 0 Å². The van der Waals surface area contributed by atoms with Crippen molar-refractivity contribution in [3.8, 4) is 5.75 Å². The summed E-state index contributed by atoms with van der Waals surface area (Å²) < 4.78 is 10.5. The van der Waals surface area contributed by atoms with Gasteiger partial charge in [0, 0.05) is 10.6 Å². The molecule has 0 bridgehead atoms. The Kier molecular flexibility index (Phi) is 5.53. The van der Waals surface area contributed by atoms with Gasteiger partial charge in [0.15, 0.2) is 0 Å². The number of esters is 1. The minimum absolute atomic E-state index is 0.134. The van der Waals surface area contributed by atoms with Crippen LogP contribution in [-0.2, 0) is 9.53 Å². The van der Waals surface area contributed by atoms with Crippen LogP contribution in [0.2, 0.25) is 0 Å². The van der Waals surface area contributed by atoms with Gasteiger partial charge in [-0.15, -0.1) is 11.8 Å². The number of benzene rings is 1. The number of thioether (sulfide) groups is 1. The van der Waals surface area contributed by atoms with Gasteiger partial charge in [0.25, 0.3) is 0 Å². The van der Waals surface area contributed by atoms with Gasteiger partial charge in [-0.3, -0.25) is 4.79 Å². The summed E-state index contributed by atoms with van der Waals surface area (Å²) in [5.41, 5.74) is -0.580. The van der Waals surface area contributed by atoms with Crippen LogP contribution in [0.4, 0.5) is 0 Å². The summed E-state index contributed by atoms with van der Waals surface area (Å²) in [6.45, 7) is 2.26. The largest absolute Gasteiger partial charge is 0.497 e. The van der Waals surface area contributed by atoms with Crippen LogP contribution in [0.3, 0.4) is 0 Å². The zero-order valence-electron chi connectivity index (χ0n) is 12.8. The standard InChI is InChI=1S/C16H23NO3S/c1-4-20-15(18)16(17-2,12-8-9-12)11-21-14-7-5-6-13(10-14)19-3/h5-7,10,12,17H,4,8-9,11H2,1-3H3. The van der Waals surface area contributed by atoms with Crippen molar-refractivity contribution in [1.82, 2.24) is 5.32 Å². The van der Waals surface area contributed by atoms with E-state index in [1.807, 2.05) is 38.2 Å². The fourth-order valence-electron chi connectivity index (χ4n) is 2.45. The molecule has 0 saturated heterocycles. The minimum Gasteiger partial charge on any atom is -0.497 e. The average molecular weight is 309 g/mol. The molecule has 2 rings (SSSR count). The van der Waals surface area contributed by atoms with Crippen molar-refractivity contribution < 1.29 is 14.3 Å². The van der Waals surface area contributed by atoms with Crippen LogP contribution < -0.4 is 10.1 Å². The maximum atomic E-state index is 12.4. The summed E-state index contributed by atoms with van der Waals surface area (Å²) in [6, 6.07) is 7.90. The Balaban J connectivity index is 2.09. The highest BCUT2D eigenvalue weighted by molar-refractivity contribution is 7.99. The van der Waals surface area contributed by atoms with Gasteiger partial charge in [-0.05, 0) is 50.9 Å². The molecule has 1 aliphatic rings. The predicted octanol–water partition coefficient (Wildman–Crippen LogP) is 2.72. The molecule has 5 heteroatoms. The highest BCUT2D eigenvalue weighted by Gasteiger charge is 2.51. The summed E-state index contributed by atoms with van der Waals surface area (Å²) >= 11 is 1.66. The summed E-state index contributed by atoms with van der Waals surface area (Å²) in [7, 11) is 3.51. The third kappa shape index (κ3) is 3.71. The molecule has 0 aliphatic heterocycles. The van der Waals surface area contributed by atoms with Gasteiger partial charge in [-0.2, -0.15) is 0 Å². The first kappa shape index (κ1) is 16.2. The maximum Gasteiger partial charge on any atom is 0.327 e. The Labute approximate surface area is 130 Å². The van der Waals surface area contributed by atoms with Crippen LogP contribution in [0, 0.1) is 5.92 Å². The van der Waals surface area contributed by atoms with Crippen LogP contribution in [0.25, 0.3) is 0 Å². The van der Waals surface area contributed by atoms with E-state index >= 15 is 0 Å². The second kappa shape index (κ2) is 7.18. The van der Waals surface area contributed by atoms with Crippen molar-refractivity contribution in [2.75, 3.05) is 26.5 Å². The molecule has 1 fully saturated rings. The zero-order valence-corrected chi connectivity index (χ0v) is 13.7. The maximum absolute atomic E-state index is 12.4. The first-order chi connectivity index (χ1) is 10.2. The lowest BCUT2D eigenvalue weighted by atomic mass is 9.96. The SMILES string of the molecule is CCOC(=O)C(CSc1cccc(OC)c1)(NC)C1CC1. The zero-order chi connectivity index (χ0) is 15.3. The number of rotatable bonds is 8. The quantitative estimate of drug-likeness (QED) is 0.591. The number of hydrogen-bond acceptors (Lipinski definition) is 5. The van der Waals surface area contributed by atoms with Gasteiger partial charge in [0.05, 0.1) is 13.7 Å². The van der Waals surface area contributed by atoms with Crippen molar-refractivity contribution in [3.05, 3.63) is 24.3 Å². The number of carbonyl (C=O) groups excluding carboxylic acids is 1. The molecule has 0 aromatic heterocycles. The molecule has 1 atom stereocenters. The third-order valence-electron chi connectivity index (χ3n) is 3.87. The molecule has 0 amide bonds. The first-order valence-corrected chi connectivity index (χ1v) is 8.27. The van der Waals surface area contributed by atoms with Crippen molar-refractivity contribution in [2.24, 2.45) is 5.92 Å². The van der Waals surface area contributed by atoms with Crippen molar-refractivity contribution in [1.29, 1.82) is 0 Å². The van der Waals surface area contributed by atoms with E-state index < -0.39 is 5.54 Å². The molecule has 21 heavy (non-hydrogen) atoms. The second-order valence-corrected chi connectivity index (χ2v) is 6.23. The molecule has 116 valence electrons. The molecule has 1 aromatic rings. The van der Waals surface area contributed by atoms with E-state index in [0.29, 0.717) is 18.3 Å². The van der Waals surface area contributed by atoms with Crippen molar-refractivity contribution in [2.45, 2.75) is 30.2 Å². The Hall–Kier alpha value is -1.20. The van der Waals surface area contributed by atoms with E-state index in [9.17, 15) is 4.79 Å². The predicted molar refractivity (Wildman–Crippen MR) is 84.9 cm³/mol. The van der Waals surface area contributed by atoms with Crippen LogP contribution in [0.1, 0.15) is 19.8 Å². The number of nitrogens with one attached hydrogen (secondary N) is 1. The topological polar surface area (TPSA) is 47.6 Å². The highest BCUT2D eigenvalue weighted by Crippen LogP contribution is 2.43. The Bertz CT molecular complexity index is 490. The van der Waals surface area contributed by atoms with E-state index in [0.717, 1.165) is 23.5 Å². The van der Waals surface area contributed by atoms with E-state index in [4.69, 9.17) is 9.47 Å². The molecule has 0 radical (unpaired) electrons. The summed E-state index contributed by atoms with van der Waals surface area (Å²) in [6.07, 6.45) is 2.16. The second-order valence-electron chi connectivity index (χ2n) is 5.18. The number of methoxy groups -OCH3 is 1. The Morgan fingerprint density at radius 1 is 1.48 bits per heavy atom. The molecular weight excluding hydrogens is 286 g/mol. The van der Waals surface area contributed by atoms with E-state index in [-0.39, 0.29) is 5.97 Å². The summed E-state index contributed by atoms with van der Waals surface area (Å²) in [4.78, 5) is 13.5. The number of hydrogen-bond donors (Lipinski definition) is 1. The van der Waals surface area contributed by atoms with Gasteiger partial charge < -0.3 is 14.8 Å². The normalized spacial score (nSPS) is 17.1. The molecule has 0 heterocycles. The molecule has 0 spiro atoms. The first-order valence-electron chi connectivity index (χ1n) is 7.29. The van der Waals surface area contributed by atoms with Crippen molar-refractivity contribution >= 4 is 17.7 Å². The Morgan fingerprint density at radius 3 is 2.81 bits per heavy atom. The lowest BCUT2D eigenvalue weighted by Gasteiger charge is -2.31. The number of carbonyl (C=O) groups is 1. The number of likely N-dealkylation sites (N-methyl/N-ethyl adjacent to an activating group) is 1. The molecule has 1 saturated carbocycles. The highest BCUT2D eigenvalue weighted by atomic mass is 32.2. The average Bonchev–Trinajstić information content (AvgIpc) is 3.34. The lowest BCUT2D eigenvalue weighted by Crippen LogP contribution is -2.55. The third-order valence-corrected chi connectivity index (χ3v) is 5.05. The minimum atomic E-state index is -0.580. The van der Waals surface area contributed by atoms with Crippen LogP contribution in [0.5, 0.6) is 5.75 Å². The van der Waals surface area contributed by atoms with Gasteiger partial charge in [-0.1, -0.05) is 6.07 Å². The van der Waals surface area contributed by atoms with Crippen LogP contribution >= 0.6 is 11.8 Å². The summed E-state index contributed by atoms with van der Waals surface area (Å²) in [5.74, 6) is 1.74. The molecular formula is C16H23NO3S. The lowest BCUT2D eigenvalue weighted by molar-refractivity contribution is -0.150. The fourth-order valence-corrected chi connectivity index (χ4v) is 3.71. The van der Waals surface area contributed by atoms with Crippen molar-refractivity contribution in [3.63, 3.8) is 0 Å². The summed E-state index contributed by atoms with van der Waals surface area (Å²) in [5, 5.41) is 3.23. The van der Waals surface area contributed by atoms with E-state index in [2.05, 4.69) is 5.32 Å². The molecule has 1 unspecified atom stereocenters. The fraction of sp³-hybridized carbons (Fsp3) is 0.562. The monoisotopic (exact) mass is 309 g/mol. The van der Waals surface area contributed by atoms with Gasteiger partial charge in [-0.25, -0.2) is 0 Å².